The molecule has 2 aromatic rings. The zero-order valence-corrected chi connectivity index (χ0v) is 19.3. The molecule has 1 fully saturated rings. The minimum atomic E-state index is -0.877. The van der Waals surface area contributed by atoms with Crippen LogP contribution >= 0.6 is 0 Å². The summed E-state index contributed by atoms with van der Waals surface area (Å²) in [5, 5.41) is 13.4. The van der Waals surface area contributed by atoms with Crippen LogP contribution in [-0.2, 0) is 9.59 Å². The zero-order chi connectivity index (χ0) is 24.1. The van der Waals surface area contributed by atoms with Gasteiger partial charge in [-0.1, -0.05) is 24.0 Å². The van der Waals surface area contributed by atoms with E-state index >= 15 is 0 Å². The third kappa shape index (κ3) is 4.85. The normalized spacial score (nSPS) is 17.6. The molecule has 0 bridgehead atoms. The van der Waals surface area contributed by atoms with Crippen molar-refractivity contribution in [2.24, 2.45) is 0 Å². The van der Waals surface area contributed by atoms with Crippen LogP contribution in [0, 0.1) is 5.82 Å². The van der Waals surface area contributed by atoms with Crippen molar-refractivity contribution in [3.63, 3.8) is 0 Å². The number of halogens is 1. The largest absolute Gasteiger partial charge is 0.872 e. The first-order valence-corrected chi connectivity index (χ1v) is 10.9. The van der Waals surface area contributed by atoms with E-state index in [0.29, 0.717) is 30.2 Å². The van der Waals surface area contributed by atoms with Crippen molar-refractivity contribution in [3.05, 3.63) is 65.0 Å². The minimum absolute atomic E-state index is 0.145. The van der Waals surface area contributed by atoms with Crippen molar-refractivity contribution in [2.45, 2.75) is 19.9 Å². The number of carbonyl (C=O) groups excluding carboxylic acids is 2. The van der Waals surface area contributed by atoms with Crippen LogP contribution in [0.1, 0.15) is 31.0 Å². The summed E-state index contributed by atoms with van der Waals surface area (Å²) in [7, 11) is 3.00. The van der Waals surface area contributed by atoms with Gasteiger partial charge in [0.1, 0.15) is 5.82 Å². The lowest BCUT2D eigenvalue weighted by atomic mass is 9.95. The van der Waals surface area contributed by atoms with E-state index in [0.717, 1.165) is 25.2 Å². The summed E-state index contributed by atoms with van der Waals surface area (Å²) in [4.78, 5) is 28.8. The van der Waals surface area contributed by atoms with Gasteiger partial charge in [0, 0.05) is 5.57 Å². The summed E-state index contributed by atoms with van der Waals surface area (Å²) in [6, 6.07) is 9.13. The fourth-order valence-corrected chi connectivity index (χ4v) is 4.11. The molecule has 1 heterocycles. The highest BCUT2D eigenvalue weighted by Crippen LogP contribution is 2.41. The predicted molar refractivity (Wildman–Crippen MR) is 119 cm³/mol. The first-order chi connectivity index (χ1) is 15.9. The second kappa shape index (κ2) is 10.5. The number of rotatable bonds is 9. The monoisotopic (exact) mass is 456 g/mol. The molecule has 8 heteroatoms. The van der Waals surface area contributed by atoms with Gasteiger partial charge in [0.15, 0.2) is 11.5 Å². The molecule has 1 amide bonds. The van der Waals surface area contributed by atoms with E-state index in [-0.39, 0.29) is 11.1 Å². The summed E-state index contributed by atoms with van der Waals surface area (Å²) < 4.78 is 24.1. The predicted octanol–water partition coefficient (Wildman–Crippen LogP) is 0.992. The van der Waals surface area contributed by atoms with Crippen molar-refractivity contribution in [3.8, 4) is 11.5 Å². The minimum Gasteiger partial charge on any atom is -0.872 e. The molecule has 2 aromatic carbocycles. The molecule has 0 aromatic heterocycles. The Hall–Kier alpha value is -3.39. The lowest BCUT2D eigenvalue weighted by Gasteiger charge is -2.29. The van der Waals surface area contributed by atoms with Crippen LogP contribution in [0.25, 0.3) is 5.76 Å². The van der Waals surface area contributed by atoms with Crippen molar-refractivity contribution < 1.29 is 33.5 Å². The maximum Gasteiger partial charge on any atom is 0.295 e. The molecular formula is C25H29FN2O5. The number of Topliss-reactive ketones (excluding diaryl/α,β-unsaturated/α-hetero) is 1. The Bertz CT molecular complexity index is 1050. The molecular weight excluding hydrogens is 427 g/mol. The van der Waals surface area contributed by atoms with Crippen LogP contribution < -0.4 is 19.5 Å². The number of likely N-dealkylation sites (N-methyl/N-ethyl adjacent to an activating group) is 1. The van der Waals surface area contributed by atoms with Crippen molar-refractivity contribution in [1.82, 2.24) is 4.90 Å². The van der Waals surface area contributed by atoms with Gasteiger partial charge >= 0.3 is 0 Å². The van der Waals surface area contributed by atoms with Crippen molar-refractivity contribution in [2.75, 3.05) is 40.4 Å². The van der Waals surface area contributed by atoms with Gasteiger partial charge < -0.3 is 24.4 Å². The molecule has 0 radical (unpaired) electrons. The first kappa shape index (κ1) is 24.3. The highest BCUT2D eigenvalue weighted by molar-refractivity contribution is 6.46. The summed E-state index contributed by atoms with van der Waals surface area (Å²) in [5.74, 6) is -1.73. The van der Waals surface area contributed by atoms with Gasteiger partial charge in [-0.3, -0.25) is 9.59 Å². The number of nitrogens with zero attached hydrogens (tertiary/aromatic N) is 1. The van der Waals surface area contributed by atoms with E-state index in [1.54, 1.807) is 18.2 Å². The highest BCUT2D eigenvalue weighted by atomic mass is 19.1. The van der Waals surface area contributed by atoms with E-state index < -0.39 is 29.3 Å². The zero-order valence-electron chi connectivity index (χ0n) is 19.3. The van der Waals surface area contributed by atoms with E-state index in [4.69, 9.17) is 9.47 Å². The molecule has 176 valence electrons. The molecule has 3 rings (SSSR count). The second-order valence-electron chi connectivity index (χ2n) is 7.80. The molecule has 1 aliphatic rings. The maximum absolute atomic E-state index is 13.4. The molecule has 33 heavy (non-hydrogen) atoms. The average molecular weight is 457 g/mol. The molecule has 7 nitrogen and oxygen atoms in total. The number of benzene rings is 2. The standard InChI is InChI=1S/C25H29FN2O5/c1-5-27(6-2)13-14-28-22(17-9-12-19(32-3)20(15-17)33-4)21(24(30)25(28)31)23(29)16-7-10-18(26)11-8-16/h7-12,15,22,29H,5-6,13-14H2,1-4H3. The average Bonchev–Trinajstić information content (AvgIpc) is 3.09. The number of amides is 1. The number of nitrogens with one attached hydrogen (secondary N) is 1. The second-order valence-corrected chi connectivity index (χ2v) is 7.80. The van der Waals surface area contributed by atoms with E-state index in [9.17, 15) is 19.1 Å². The fourth-order valence-electron chi connectivity index (χ4n) is 4.11. The quantitative estimate of drug-likeness (QED) is 0.346. The van der Waals surface area contributed by atoms with Gasteiger partial charge in [-0.15, -0.1) is 0 Å². The Labute approximate surface area is 193 Å². The maximum atomic E-state index is 13.4. The third-order valence-corrected chi connectivity index (χ3v) is 6.07. The van der Waals surface area contributed by atoms with Crippen LogP contribution in [0.3, 0.4) is 0 Å². The number of hydrogen-bond donors (Lipinski definition) is 1. The van der Waals surface area contributed by atoms with Crippen LogP contribution in [0.2, 0.25) is 0 Å². The van der Waals surface area contributed by atoms with Gasteiger partial charge in [0.25, 0.3) is 5.91 Å². The number of hydrogen-bond acceptors (Lipinski definition) is 5. The number of carbonyl (C=O) groups is 2. The first-order valence-electron chi connectivity index (χ1n) is 10.9. The molecule has 1 unspecified atom stereocenters. The lowest BCUT2D eigenvalue weighted by Crippen LogP contribution is -3.12. The van der Waals surface area contributed by atoms with Crippen LogP contribution in [-0.4, -0.2) is 57.0 Å². The SMILES string of the molecule is CC[NH+](CC)CCN1C(=O)C(=O)C(=C([O-])c2ccc(F)cc2)C1c1ccc(OC)c(OC)c1. The molecule has 1 aliphatic heterocycles. The number of ketones is 1. The number of quaternary nitrogens is 1. The Kier molecular flexibility index (Phi) is 7.71. The van der Waals surface area contributed by atoms with Gasteiger partial charge in [-0.25, -0.2) is 4.39 Å². The van der Waals surface area contributed by atoms with Gasteiger partial charge in [-0.2, -0.15) is 0 Å². The topological polar surface area (TPSA) is 83.3 Å². The third-order valence-electron chi connectivity index (χ3n) is 6.07. The highest BCUT2D eigenvalue weighted by Gasteiger charge is 2.44. The number of methoxy groups -OCH3 is 2. The fraction of sp³-hybridized carbons (Fsp3) is 0.360. The Morgan fingerprint density at radius 3 is 2.24 bits per heavy atom. The van der Waals surface area contributed by atoms with Gasteiger partial charge in [-0.05, 0) is 49.2 Å². The molecule has 0 aliphatic carbocycles. The van der Waals surface area contributed by atoms with Crippen LogP contribution in [0.15, 0.2) is 48.0 Å². The number of ether oxygens (including phenoxy) is 2. The summed E-state index contributed by atoms with van der Waals surface area (Å²) >= 11 is 0. The van der Waals surface area contributed by atoms with Crippen molar-refractivity contribution >= 4 is 17.4 Å². The van der Waals surface area contributed by atoms with Gasteiger partial charge in [0.05, 0.1) is 46.4 Å². The van der Waals surface area contributed by atoms with Crippen molar-refractivity contribution in [1.29, 1.82) is 0 Å². The Morgan fingerprint density at radius 2 is 1.67 bits per heavy atom. The molecule has 1 atom stereocenters. The van der Waals surface area contributed by atoms with E-state index in [1.165, 1.54) is 36.2 Å². The molecule has 0 spiro atoms. The van der Waals surface area contributed by atoms with E-state index in [2.05, 4.69) is 13.8 Å². The lowest BCUT2D eigenvalue weighted by molar-refractivity contribution is -0.895. The number of likely N-dealkylation sites (tertiary alicyclic amines) is 1. The van der Waals surface area contributed by atoms with Crippen LogP contribution in [0.4, 0.5) is 4.39 Å². The molecule has 0 saturated carbocycles. The van der Waals surface area contributed by atoms with Gasteiger partial charge in [0.2, 0.25) is 5.78 Å². The summed E-state index contributed by atoms with van der Waals surface area (Å²) in [6.45, 7) is 6.79. The van der Waals surface area contributed by atoms with Crippen LogP contribution in [0.5, 0.6) is 11.5 Å². The molecule has 1 N–H and O–H groups in total. The Morgan fingerprint density at radius 1 is 1.03 bits per heavy atom. The molecule has 1 saturated heterocycles. The summed E-state index contributed by atoms with van der Waals surface area (Å²) in [6.07, 6.45) is 0. The smallest absolute Gasteiger partial charge is 0.295 e. The van der Waals surface area contributed by atoms with E-state index in [1.807, 2.05) is 0 Å². The Balaban J connectivity index is 2.14. The summed E-state index contributed by atoms with van der Waals surface area (Å²) in [5.41, 5.74) is 0.564.